The summed E-state index contributed by atoms with van der Waals surface area (Å²) in [6.07, 6.45) is 6.80. The van der Waals surface area contributed by atoms with Crippen molar-refractivity contribution in [2.75, 3.05) is 5.32 Å². The summed E-state index contributed by atoms with van der Waals surface area (Å²) in [6.45, 7) is 3.72. The van der Waals surface area contributed by atoms with Gasteiger partial charge >= 0.3 is 0 Å². The Balaban J connectivity index is 1.41. The van der Waals surface area contributed by atoms with E-state index in [-0.39, 0.29) is 11.8 Å². The van der Waals surface area contributed by atoms with Gasteiger partial charge in [-0.1, -0.05) is 32.0 Å². The first-order valence-electron chi connectivity index (χ1n) is 11.3. The van der Waals surface area contributed by atoms with Gasteiger partial charge in [0.05, 0.1) is 41.0 Å². The molecule has 0 bridgehead atoms. The number of anilines is 1. The zero-order valence-corrected chi connectivity index (χ0v) is 19.2. The quantitative estimate of drug-likeness (QED) is 0.290. The Morgan fingerprint density at radius 1 is 1.00 bits per heavy atom. The van der Waals surface area contributed by atoms with Crippen LogP contribution in [0.25, 0.3) is 55.7 Å². The number of furan rings is 1. The van der Waals surface area contributed by atoms with Gasteiger partial charge in [-0.05, 0) is 35.9 Å². The van der Waals surface area contributed by atoms with Gasteiger partial charge in [0, 0.05) is 34.2 Å². The van der Waals surface area contributed by atoms with E-state index in [1.165, 1.54) is 0 Å². The number of carbonyl (C=O) groups is 1. The number of para-hydroxylation sites is 1. The molecule has 6 rings (SSSR count). The van der Waals surface area contributed by atoms with Crippen molar-refractivity contribution >= 4 is 33.5 Å². The molecular formula is C27H22N6O2. The summed E-state index contributed by atoms with van der Waals surface area (Å²) in [7, 11) is 0. The number of nitrogens with one attached hydrogen (secondary N) is 3. The average molecular weight is 463 g/mol. The van der Waals surface area contributed by atoms with Crippen molar-refractivity contribution in [2.45, 2.75) is 13.8 Å². The summed E-state index contributed by atoms with van der Waals surface area (Å²) in [5, 5.41) is 11.5. The Labute approximate surface area is 200 Å². The summed E-state index contributed by atoms with van der Waals surface area (Å²) in [4.78, 5) is 24.7. The van der Waals surface area contributed by atoms with Gasteiger partial charge in [0.2, 0.25) is 5.91 Å². The number of benzene rings is 2. The Hall–Kier alpha value is -4.72. The van der Waals surface area contributed by atoms with E-state index in [0.717, 1.165) is 49.9 Å². The lowest BCUT2D eigenvalue weighted by atomic mass is 10.0. The predicted molar refractivity (Wildman–Crippen MR) is 136 cm³/mol. The van der Waals surface area contributed by atoms with Gasteiger partial charge in [0.25, 0.3) is 0 Å². The number of H-pyrrole nitrogens is 2. The molecule has 8 heteroatoms. The summed E-state index contributed by atoms with van der Waals surface area (Å²) < 4.78 is 5.27. The number of amides is 1. The number of carbonyl (C=O) groups excluding carboxylic acids is 1. The van der Waals surface area contributed by atoms with Gasteiger partial charge in [-0.25, -0.2) is 4.98 Å². The van der Waals surface area contributed by atoms with E-state index < -0.39 is 0 Å². The molecule has 2 aromatic carbocycles. The maximum absolute atomic E-state index is 12.1. The minimum atomic E-state index is -0.110. The highest BCUT2D eigenvalue weighted by Crippen LogP contribution is 2.33. The van der Waals surface area contributed by atoms with Gasteiger partial charge in [-0.2, -0.15) is 5.10 Å². The second-order valence-electron chi connectivity index (χ2n) is 8.74. The van der Waals surface area contributed by atoms with Crippen molar-refractivity contribution in [3.05, 3.63) is 73.5 Å². The molecule has 1 amide bonds. The third-order valence-electron chi connectivity index (χ3n) is 6.00. The number of rotatable bonds is 5. The zero-order chi connectivity index (χ0) is 23.9. The molecule has 0 unspecified atom stereocenters. The lowest BCUT2D eigenvalue weighted by molar-refractivity contribution is -0.118. The van der Waals surface area contributed by atoms with Gasteiger partial charge < -0.3 is 14.7 Å². The molecule has 0 saturated carbocycles. The smallest absolute Gasteiger partial charge is 0.226 e. The molecule has 0 saturated heterocycles. The molecule has 6 aromatic rings. The van der Waals surface area contributed by atoms with Crippen LogP contribution in [0.1, 0.15) is 13.8 Å². The summed E-state index contributed by atoms with van der Waals surface area (Å²) in [6, 6.07) is 15.9. The van der Waals surface area contributed by atoms with Crippen LogP contribution in [0.2, 0.25) is 0 Å². The Kier molecular flexibility index (Phi) is 4.92. The third kappa shape index (κ3) is 3.74. The van der Waals surface area contributed by atoms with Crippen LogP contribution >= 0.6 is 0 Å². The van der Waals surface area contributed by atoms with E-state index in [1.54, 1.807) is 24.9 Å². The molecule has 3 N–H and O–H groups in total. The third-order valence-corrected chi connectivity index (χ3v) is 6.00. The molecule has 0 aliphatic carbocycles. The first-order chi connectivity index (χ1) is 17.1. The molecule has 0 spiro atoms. The molecule has 4 heterocycles. The predicted octanol–water partition coefficient (Wildman–Crippen LogP) is 6.02. The van der Waals surface area contributed by atoms with Crippen molar-refractivity contribution in [1.82, 2.24) is 25.1 Å². The molecule has 8 nitrogen and oxygen atoms in total. The Morgan fingerprint density at radius 2 is 1.91 bits per heavy atom. The van der Waals surface area contributed by atoms with Crippen molar-refractivity contribution in [1.29, 1.82) is 0 Å². The van der Waals surface area contributed by atoms with Crippen LogP contribution < -0.4 is 5.32 Å². The average Bonchev–Trinajstić information content (AvgIpc) is 3.62. The minimum Gasteiger partial charge on any atom is -0.472 e. The zero-order valence-electron chi connectivity index (χ0n) is 19.2. The van der Waals surface area contributed by atoms with Gasteiger partial charge in [0.1, 0.15) is 5.69 Å². The standard InChI is InChI=1S/C27H22N6O2/c1-15(2)27(34)29-19-10-18(12-28-13-19)16-6-7-22-21(11-16)25(33-32-22)26-30-23-5-3-4-20(24(23)31-26)17-8-9-35-14-17/h3-15H,1-2H3,(H,29,34)(H,30,31)(H,32,33). The fraction of sp³-hybridized carbons (Fsp3) is 0.111. The highest BCUT2D eigenvalue weighted by molar-refractivity contribution is 5.98. The van der Waals surface area contributed by atoms with E-state index in [1.807, 2.05) is 56.3 Å². The van der Waals surface area contributed by atoms with Crippen LogP contribution in [0.4, 0.5) is 5.69 Å². The molecule has 0 atom stereocenters. The SMILES string of the molecule is CC(C)C(=O)Nc1cncc(-c2ccc3[nH]nc(-c4nc5c(-c6ccoc6)cccc5[nH]4)c3c2)c1. The Morgan fingerprint density at radius 3 is 2.74 bits per heavy atom. The Bertz CT molecular complexity index is 1680. The molecule has 172 valence electrons. The maximum atomic E-state index is 12.1. The number of hydrogen-bond acceptors (Lipinski definition) is 5. The number of hydrogen-bond donors (Lipinski definition) is 3. The number of aromatic amines is 2. The van der Waals surface area contributed by atoms with Crippen LogP contribution in [-0.4, -0.2) is 31.1 Å². The molecule has 35 heavy (non-hydrogen) atoms. The van der Waals surface area contributed by atoms with E-state index in [4.69, 9.17) is 9.40 Å². The molecular weight excluding hydrogens is 440 g/mol. The van der Waals surface area contributed by atoms with Crippen LogP contribution in [0.5, 0.6) is 0 Å². The lowest BCUT2D eigenvalue weighted by Crippen LogP contribution is -2.17. The molecule has 0 aliphatic rings. The van der Waals surface area contributed by atoms with Crippen LogP contribution in [0.3, 0.4) is 0 Å². The van der Waals surface area contributed by atoms with E-state index in [9.17, 15) is 4.79 Å². The summed E-state index contributed by atoms with van der Waals surface area (Å²) >= 11 is 0. The van der Waals surface area contributed by atoms with Crippen LogP contribution in [0.15, 0.2) is 77.9 Å². The van der Waals surface area contributed by atoms with E-state index in [2.05, 4.69) is 31.5 Å². The second-order valence-corrected chi connectivity index (χ2v) is 8.74. The number of aromatic nitrogens is 5. The fourth-order valence-electron chi connectivity index (χ4n) is 4.12. The highest BCUT2D eigenvalue weighted by atomic mass is 16.3. The van der Waals surface area contributed by atoms with Crippen LogP contribution in [0, 0.1) is 5.92 Å². The number of imidazole rings is 1. The number of pyridine rings is 1. The van der Waals surface area contributed by atoms with Crippen molar-refractivity contribution in [2.24, 2.45) is 5.92 Å². The largest absolute Gasteiger partial charge is 0.472 e. The normalized spacial score (nSPS) is 11.5. The maximum Gasteiger partial charge on any atom is 0.226 e. The van der Waals surface area contributed by atoms with E-state index in [0.29, 0.717) is 11.5 Å². The second kappa shape index (κ2) is 8.25. The minimum absolute atomic E-state index is 0.0452. The lowest BCUT2D eigenvalue weighted by Gasteiger charge is -2.09. The summed E-state index contributed by atoms with van der Waals surface area (Å²) in [5.41, 5.74) is 7.89. The molecule has 0 aliphatic heterocycles. The van der Waals surface area contributed by atoms with Crippen molar-refractivity contribution in [3.8, 4) is 33.8 Å². The first kappa shape index (κ1) is 20.9. The van der Waals surface area contributed by atoms with Crippen molar-refractivity contribution in [3.63, 3.8) is 0 Å². The first-order valence-corrected chi connectivity index (χ1v) is 11.3. The number of fused-ring (bicyclic) bond motifs is 2. The summed E-state index contributed by atoms with van der Waals surface area (Å²) in [5.74, 6) is 0.521. The van der Waals surface area contributed by atoms with Crippen molar-refractivity contribution < 1.29 is 9.21 Å². The highest BCUT2D eigenvalue weighted by Gasteiger charge is 2.16. The molecule has 0 radical (unpaired) electrons. The molecule has 4 aromatic heterocycles. The monoisotopic (exact) mass is 462 g/mol. The van der Waals surface area contributed by atoms with Gasteiger partial charge in [0.15, 0.2) is 5.82 Å². The van der Waals surface area contributed by atoms with E-state index >= 15 is 0 Å². The molecule has 0 fully saturated rings. The van der Waals surface area contributed by atoms with Gasteiger partial charge in [-0.15, -0.1) is 0 Å². The number of nitrogens with zero attached hydrogens (tertiary/aromatic N) is 3. The van der Waals surface area contributed by atoms with Gasteiger partial charge in [-0.3, -0.25) is 14.9 Å². The van der Waals surface area contributed by atoms with Crippen LogP contribution in [-0.2, 0) is 4.79 Å². The fourth-order valence-corrected chi connectivity index (χ4v) is 4.12. The topological polar surface area (TPSA) is 112 Å².